The molecule has 3 unspecified atom stereocenters. The van der Waals surface area contributed by atoms with E-state index in [0.717, 1.165) is 23.2 Å². The highest BCUT2D eigenvalue weighted by Gasteiger charge is 2.38. The molecule has 0 spiro atoms. The van der Waals surface area contributed by atoms with Crippen molar-refractivity contribution in [2.45, 2.75) is 25.3 Å². The Morgan fingerprint density at radius 2 is 1.90 bits per heavy atom. The number of benzene rings is 2. The average Bonchev–Trinajstić information content (AvgIpc) is 3.22. The molecular formula is C24H26N2O4. The summed E-state index contributed by atoms with van der Waals surface area (Å²) in [5, 5.41) is 3.66. The van der Waals surface area contributed by atoms with Gasteiger partial charge in [0.25, 0.3) is 5.91 Å². The molecule has 6 nitrogen and oxygen atoms in total. The molecule has 3 atom stereocenters. The predicted octanol–water partition coefficient (Wildman–Crippen LogP) is 4.15. The number of rotatable bonds is 4. The van der Waals surface area contributed by atoms with Crippen molar-refractivity contribution in [1.29, 1.82) is 0 Å². The van der Waals surface area contributed by atoms with Gasteiger partial charge in [-0.3, -0.25) is 9.59 Å². The van der Waals surface area contributed by atoms with Crippen LogP contribution in [0.1, 0.15) is 46.8 Å². The third-order valence-corrected chi connectivity index (χ3v) is 5.82. The van der Waals surface area contributed by atoms with Crippen molar-refractivity contribution in [2.24, 2.45) is 5.92 Å². The molecule has 2 aromatic rings. The summed E-state index contributed by atoms with van der Waals surface area (Å²) in [7, 11) is 5.10. The summed E-state index contributed by atoms with van der Waals surface area (Å²) in [4.78, 5) is 25.4. The smallest absolute Gasteiger partial charge is 0.308 e. The Kier molecular flexibility index (Phi) is 5.24. The van der Waals surface area contributed by atoms with Crippen LogP contribution in [0, 0.1) is 5.92 Å². The summed E-state index contributed by atoms with van der Waals surface area (Å²) in [6.07, 6.45) is 5.40. The molecule has 0 fully saturated rings. The van der Waals surface area contributed by atoms with E-state index in [1.54, 1.807) is 32.2 Å². The van der Waals surface area contributed by atoms with Crippen molar-refractivity contribution in [1.82, 2.24) is 4.90 Å². The number of carbonyl (C=O) groups is 2. The normalized spacial score (nSPS) is 21.3. The van der Waals surface area contributed by atoms with Gasteiger partial charge in [-0.25, -0.2) is 0 Å². The molecule has 0 radical (unpaired) electrons. The van der Waals surface area contributed by atoms with E-state index in [1.807, 2.05) is 30.3 Å². The number of fused-ring (bicyclic) bond motifs is 3. The van der Waals surface area contributed by atoms with Gasteiger partial charge in [0.15, 0.2) is 11.5 Å². The second-order valence-electron chi connectivity index (χ2n) is 7.98. The number of hydrogen-bond donors (Lipinski definition) is 1. The SMILES string of the molecule is COc1cc(C2Nc3ccc(C(=O)N(C)C)cc3C3C=CCC32)ccc1OC(C)=O. The van der Waals surface area contributed by atoms with Crippen LogP contribution in [0.25, 0.3) is 0 Å². The fourth-order valence-electron chi connectivity index (χ4n) is 4.43. The summed E-state index contributed by atoms with van der Waals surface area (Å²) < 4.78 is 10.7. The lowest BCUT2D eigenvalue weighted by Crippen LogP contribution is -2.30. The van der Waals surface area contributed by atoms with Crippen LogP contribution in [0.4, 0.5) is 5.69 Å². The number of amides is 1. The van der Waals surface area contributed by atoms with E-state index < -0.39 is 0 Å². The summed E-state index contributed by atoms with van der Waals surface area (Å²) in [5.74, 6) is 1.13. The van der Waals surface area contributed by atoms with Crippen molar-refractivity contribution in [3.05, 3.63) is 65.2 Å². The van der Waals surface area contributed by atoms with E-state index in [-0.39, 0.29) is 23.8 Å². The van der Waals surface area contributed by atoms with Gasteiger partial charge in [0.2, 0.25) is 0 Å². The highest BCUT2D eigenvalue weighted by Crippen LogP contribution is 2.50. The first-order chi connectivity index (χ1) is 14.4. The molecule has 156 valence electrons. The molecule has 0 aromatic heterocycles. The Morgan fingerprint density at radius 3 is 2.60 bits per heavy atom. The standard InChI is InChI=1S/C24H26N2O4/c1-14(27)30-21-11-9-15(13-22(21)29-4)23-18-7-5-6-17(18)19-12-16(24(28)26(2)3)8-10-20(19)25-23/h5-6,8-13,17-18,23,25H,7H2,1-4H3. The zero-order valence-electron chi connectivity index (χ0n) is 17.6. The summed E-state index contributed by atoms with van der Waals surface area (Å²) >= 11 is 0. The van der Waals surface area contributed by atoms with Gasteiger partial charge in [-0.05, 0) is 53.8 Å². The van der Waals surface area contributed by atoms with Gasteiger partial charge >= 0.3 is 5.97 Å². The maximum absolute atomic E-state index is 12.4. The molecule has 2 aliphatic rings. The number of hydrogen-bond acceptors (Lipinski definition) is 5. The van der Waals surface area contributed by atoms with Crippen molar-refractivity contribution < 1.29 is 19.1 Å². The molecular weight excluding hydrogens is 380 g/mol. The van der Waals surface area contributed by atoms with Crippen LogP contribution in [0.15, 0.2) is 48.6 Å². The summed E-state index contributed by atoms with van der Waals surface area (Å²) in [6.45, 7) is 1.37. The maximum atomic E-state index is 12.4. The fraction of sp³-hybridized carbons (Fsp3) is 0.333. The van der Waals surface area contributed by atoms with Crippen LogP contribution < -0.4 is 14.8 Å². The van der Waals surface area contributed by atoms with Gasteiger partial charge in [-0.1, -0.05) is 18.2 Å². The third kappa shape index (κ3) is 3.54. The number of allylic oxidation sites excluding steroid dienone is 2. The minimum absolute atomic E-state index is 0.00393. The molecule has 4 rings (SSSR count). The summed E-state index contributed by atoms with van der Waals surface area (Å²) in [6, 6.07) is 11.6. The van der Waals surface area contributed by atoms with Gasteiger partial charge in [-0.15, -0.1) is 0 Å². The molecule has 1 N–H and O–H groups in total. The molecule has 0 saturated heterocycles. The van der Waals surface area contributed by atoms with E-state index >= 15 is 0 Å². The monoisotopic (exact) mass is 406 g/mol. The Balaban J connectivity index is 1.70. The Bertz CT molecular complexity index is 1030. The van der Waals surface area contributed by atoms with Crippen molar-refractivity contribution in [3.8, 4) is 11.5 Å². The van der Waals surface area contributed by atoms with Crippen molar-refractivity contribution >= 4 is 17.6 Å². The second kappa shape index (κ2) is 7.86. The quantitative estimate of drug-likeness (QED) is 0.469. The Morgan fingerprint density at radius 1 is 1.10 bits per heavy atom. The van der Waals surface area contributed by atoms with E-state index in [0.29, 0.717) is 23.0 Å². The van der Waals surface area contributed by atoms with Gasteiger partial charge < -0.3 is 19.7 Å². The molecule has 0 bridgehead atoms. The minimum Gasteiger partial charge on any atom is -0.493 e. The molecule has 30 heavy (non-hydrogen) atoms. The molecule has 6 heteroatoms. The lowest BCUT2D eigenvalue weighted by molar-refractivity contribution is -0.132. The highest BCUT2D eigenvalue weighted by molar-refractivity contribution is 5.94. The zero-order valence-corrected chi connectivity index (χ0v) is 17.6. The number of esters is 1. The molecule has 1 aliphatic heterocycles. The number of nitrogens with one attached hydrogen (secondary N) is 1. The number of carbonyl (C=O) groups excluding carboxylic acids is 2. The lowest BCUT2D eigenvalue weighted by Gasteiger charge is -2.38. The molecule has 0 saturated carbocycles. The first-order valence-corrected chi connectivity index (χ1v) is 10.0. The van der Waals surface area contributed by atoms with Crippen LogP contribution in [0.2, 0.25) is 0 Å². The van der Waals surface area contributed by atoms with Crippen molar-refractivity contribution in [3.63, 3.8) is 0 Å². The van der Waals surface area contributed by atoms with Crippen LogP contribution in [0.5, 0.6) is 11.5 Å². The fourth-order valence-corrected chi connectivity index (χ4v) is 4.43. The Labute approximate surface area is 176 Å². The minimum atomic E-state index is -0.381. The third-order valence-electron chi connectivity index (χ3n) is 5.82. The van der Waals surface area contributed by atoms with E-state index in [9.17, 15) is 9.59 Å². The summed E-state index contributed by atoms with van der Waals surface area (Å²) in [5.41, 5.74) is 3.96. The second-order valence-corrected chi connectivity index (χ2v) is 7.98. The van der Waals surface area contributed by atoms with Crippen LogP contribution >= 0.6 is 0 Å². The first-order valence-electron chi connectivity index (χ1n) is 10.0. The molecule has 1 heterocycles. The molecule has 2 aromatic carbocycles. The number of nitrogens with zero attached hydrogens (tertiary/aromatic N) is 1. The average molecular weight is 406 g/mol. The van der Waals surface area contributed by atoms with Crippen LogP contribution in [-0.2, 0) is 4.79 Å². The van der Waals surface area contributed by atoms with Crippen LogP contribution in [0.3, 0.4) is 0 Å². The molecule has 1 amide bonds. The van der Waals surface area contributed by atoms with Gasteiger partial charge in [0.1, 0.15) is 0 Å². The zero-order chi connectivity index (χ0) is 21.4. The Hall–Kier alpha value is -3.28. The topological polar surface area (TPSA) is 67.9 Å². The van der Waals surface area contributed by atoms with E-state index in [1.165, 1.54) is 6.92 Å². The van der Waals surface area contributed by atoms with Crippen molar-refractivity contribution in [2.75, 3.05) is 26.5 Å². The lowest BCUT2D eigenvalue weighted by atomic mass is 9.76. The van der Waals surface area contributed by atoms with Crippen LogP contribution in [-0.4, -0.2) is 38.0 Å². The van der Waals surface area contributed by atoms with Gasteiger partial charge in [-0.2, -0.15) is 0 Å². The number of anilines is 1. The van der Waals surface area contributed by atoms with E-state index in [2.05, 4.69) is 17.5 Å². The predicted molar refractivity (Wildman–Crippen MR) is 115 cm³/mol. The van der Waals surface area contributed by atoms with E-state index in [4.69, 9.17) is 9.47 Å². The largest absolute Gasteiger partial charge is 0.493 e. The number of methoxy groups -OCH3 is 1. The maximum Gasteiger partial charge on any atom is 0.308 e. The first kappa shape index (κ1) is 20.0. The number of ether oxygens (including phenoxy) is 2. The van der Waals surface area contributed by atoms with Gasteiger partial charge in [0, 0.05) is 38.2 Å². The highest BCUT2D eigenvalue weighted by atomic mass is 16.6. The molecule has 1 aliphatic carbocycles. The van der Waals surface area contributed by atoms with Gasteiger partial charge in [0.05, 0.1) is 13.2 Å².